The molecule has 0 bridgehead atoms. The van der Waals surface area contributed by atoms with Crippen LogP contribution in [0.3, 0.4) is 0 Å². The number of aliphatic hydroxyl groups is 1. The summed E-state index contributed by atoms with van der Waals surface area (Å²) in [5.74, 6) is 2.03. The third-order valence-electron chi connectivity index (χ3n) is 9.09. The number of fused-ring (bicyclic) bond motifs is 5. The van der Waals surface area contributed by atoms with Crippen LogP contribution in [0.25, 0.3) is 0 Å². The van der Waals surface area contributed by atoms with Crippen molar-refractivity contribution in [1.82, 2.24) is 0 Å². The summed E-state index contributed by atoms with van der Waals surface area (Å²) in [6, 6.07) is 0. The fourth-order valence-corrected chi connectivity index (χ4v) is 7.65. The van der Waals surface area contributed by atoms with Gasteiger partial charge in [0.15, 0.2) is 5.78 Å². The molecule has 1 N–H and O–H groups in total. The van der Waals surface area contributed by atoms with Crippen LogP contribution < -0.4 is 0 Å². The van der Waals surface area contributed by atoms with Crippen LogP contribution in [0.1, 0.15) is 66.2 Å². The summed E-state index contributed by atoms with van der Waals surface area (Å²) in [6.45, 7) is 8.47. The van der Waals surface area contributed by atoms with Gasteiger partial charge < -0.3 is 5.11 Å². The quantitative estimate of drug-likeness (QED) is 0.784. The van der Waals surface area contributed by atoms with Gasteiger partial charge in [0.25, 0.3) is 0 Å². The third kappa shape index (κ3) is 2.14. The van der Waals surface area contributed by atoms with E-state index in [-0.39, 0.29) is 40.5 Å². The predicted octanol–water partition coefficient (Wildman–Crippen LogP) is 3.94. The summed E-state index contributed by atoms with van der Waals surface area (Å²) in [6.07, 6.45) is 7.15. The number of carbonyl (C=O) groups is 2. The Morgan fingerprint density at radius 1 is 1.20 bits per heavy atom. The first-order chi connectivity index (χ1) is 11.7. The van der Waals surface area contributed by atoms with Crippen molar-refractivity contribution in [2.24, 2.45) is 40.4 Å². The normalized spacial score (nSPS) is 52.0. The Labute approximate surface area is 151 Å². The highest BCUT2D eigenvalue weighted by Gasteiger charge is 2.65. The molecule has 0 aliphatic heterocycles. The van der Waals surface area contributed by atoms with Crippen molar-refractivity contribution in [3.63, 3.8) is 0 Å². The summed E-state index contributed by atoms with van der Waals surface area (Å²) < 4.78 is 0. The Hall–Kier alpha value is -0.960. The van der Waals surface area contributed by atoms with Gasteiger partial charge in [0.1, 0.15) is 5.78 Å². The minimum atomic E-state index is -0.381. The molecule has 0 aromatic heterocycles. The number of aliphatic hydroxyl groups excluding tert-OH is 1. The molecular formula is C22H32O3. The van der Waals surface area contributed by atoms with Gasteiger partial charge in [-0.25, -0.2) is 0 Å². The monoisotopic (exact) mass is 344 g/mol. The van der Waals surface area contributed by atoms with E-state index in [2.05, 4.69) is 20.8 Å². The first-order valence-corrected chi connectivity index (χ1v) is 10.1. The van der Waals surface area contributed by atoms with E-state index in [9.17, 15) is 14.7 Å². The SMILES string of the molecule is CC(=O)[C@H]1CC[C@H]2[C@@H]3CCC4=CC(=O)CC[C@]4(C)[C@H]3[C@@H](O)[C@H](C)[C@]12C. The fraction of sp³-hybridized carbons (Fsp3) is 0.818. The molecule has 0 saturated heterocycles. The molecule has 0 aromatic carbocycles. The topological polar surface area (TPSA) is 54.4 Å². The average Bonchev–Trinajstić information content (AvgIpc) is 2.91. The second-order valence-corrected chi connectivity index (χ2v) is 9.77. The van der Waals surface area contributed by atoms with Crippen molar-refractivity contribution in [3.8, 4) is 0 Å². The van der Waals surface area contributed by atoms with E-state index in [0.717, 1.165) is 32.1 Å². The number of allylic oxidation sites excluding steroid dienone is 1. The van der Waals surface area contributed by atoms with Crippen LogP contribution in [0.15, 0.2) is 11.6 Å². The number of carbonyl (C=O) groups excluding carboxylic acids is 2. The number of ketones is 2. The number of hydrogen-bond acceptors (Lipinski definition) is 3. The smallest absolute Gasteiger partial charge is 0.155 e. The highest BCUT2D eigenvalue weighted by molar-refractivity contribution is 5.91. The molecule has 25 heavy (non-hydrogen) atoms. The molecule has 4 aliphatic carbocycles. The van der Waals surface area contributed by atoms with Gasteiger partial charge in [0.05, 0.1) is 6.10 Å². The lowest BCUT2D eigenvalue weighted by molar-refractivity contribution is -0.169. The van der Waals surface area contributed by atoms with Crippen molar-refractivity contribution in [1.29, 1.82) is 0 Å². The Bertz CT molecular complexity index is 650. The lowest BCUT2D eigenvalue weighted by Gasteiger charge is -2.62. The van der Waals surface area contributed by atoms with Crippen molar-refractivity contribution in [2.45, 2.75) is 72.3 Å². The van der Waals surface area contributed by atoms with Crippen LogP contribution in [0, 0.1) is 40.4 Å². The van der Waals surface area contributed by atoms with E-state index in [1.165, 1.54) is 5.57 Å². The second kappa shape index (κ2) is 5.52. The van der Waals surface area contributed by atoms with Crippen LogP contribution in [0.4, 0.5) is 0 Å². The summed E-state index contributed by atoms with van der Waals surface area (Å²) >= 11 is 0. The Morgan fingerprint density at radius 2 is 1.92 bits per heavy atom. The molecular weight excluding hydrogens is 312 g/mol. The van der Waals surface area contributed by atoms with Crippen molar-refractivity contribution < 1.29 is 14.7 Å². The molecule has 0 spiro atoms. The third-order valence-corrected chi connectivity index (χ3v) is 9.09. The fourth-order valence-electron chi connectivity index (χ4n) is 7.65. The molecule has 0 radical (unpaired) electrons. The Kier molecular flexibility index (Phi) is 3.85. The lowest BCUT2D eigenvalue weighted by atomic mass is 9.43. The minimum Gasteiger partial charge on any atom is -0.392 e. The molecule has 3 fully saturated rings. The van der Waals surface area contributed by atoms with E-state index in [1.807, 2.05) is 6.08 Å². The first-order valence-electron chi connectivity index (χ1n) is 10.1. The van der Waals surface area contributed by atoms with Gasteiger partial charge in [-0.1, -0.05) is 26.3 Å². The van der Waals surface area contributed by atoms with Crippen LogP contribution >= 0.6 is 0 Å². The molecule has 0 unspecified atom stereocenters. The highest BCUT2D eigenvalue weighted by atomic mass is 16.3. The van der Waals surface area contributed by atoms with Crippen molar-refractivity contribution in [2.75, 3.05) is 0 Å². The molecule has 138 valence electrons. The number of hydrogen-bond donors (Lipinski definition) is 1. The van der Waals surface area contributed by atoms with E-state index in [1.54, 1.807) is 6.92 Å². The van der Waals surface area contributed by atoms with Gasteiger partial charge >= 0.3 is 0 Å². The Balaban J connectivity index is 1.77. The van der Waals surface area contributed by atoms with Gasteiger partial charge in [-0.15, -0.1) is 0 Å². The zero-order valence-electron chi connectivity index (χ0n) is 16.0. The lowest BCUT2D eigenvalue weighted by Crippen LogP contribution is -2.60. The predicted molar refractivity (Wildman–Crippen MR) is 96.8 cm³/mol. The number of rotatable bonds is 1. The van der Waals surface area contributed by atoms with Gasteiger partial charge in [0.2, 0.25) is 0 Å². The molecule has 8 atom stereocenters. The molecule has 4 aliphatic rings. The average molecular weight is 344 g/mol. The van der Waals surface area contributed by atoms with Crippen LogP contribution in [0.5, 0.6) is 0 Å². The zero-order chi connectivity index (χ0) is 18.1. The Morgan fingerprint density at radius 3 is 2.60 bits per heavy atom. The maximum atomic E-state index is 12.3. The maximum Gasteiger partial charge on any atom is 0.155 e. The van der Waals surface area contributed by atoms with E-state index < -0.39 is 0 Å². The van der Waals surface area contributed by atoms with Gasteiger partial charge in [-0.2, -0.15) is 0 Å². The standard InChI is InChI=1S/C22H32O3/c1-12-20(25)19-16(18-8-7-17(13(2)23)22(12,18)4)6-5-14-11-15(24)9-10-21(14,19)3/h11-12,16-20,25H,5-10H2,1-4H3/t12-,16-,17+,18-,19+,20-,21-,22+/m0/s1. The van der Waals surface area contributed by atoms with Crippen molar-refractivity contribution in [3.05, 3.63) is 11.6 Å². The summed E-state index contributed by atoms with van der Waals surface area (Å²) in [7, 11) is 0. The van der Waals surface area contributed by atoms with Crippen molar-refractivity contribution >= 4 is 11.6 Å². The zero-order valence-corrected chi connectivity index (χ0v) is 16.0. The van der Waals surface area contributed by atoms with E-state index in [4.69, 9.17) is 0 Å². The number of Topliss-reactive ketones (excluding diaryl/α,β-unsaturated/α-hetero) is 1. The van der Waals surface area contributed by atoms with Crippen LogP contribution in [0.2, 0.25) is 0 Å². The van der Waals surface area contributed by atoms with E-state index in [0.29, 0.717) is 24.0 Å². The second-order valence-electron chi connectivity index (χ2n) is 9.77. The van der Waals surface area contributed by atoms with Gasteiger partial charge in [0, 0.05) is 12.3 Å². The van der Waals surface area contributed by atoms with Crippen LogP contribution in [-0.4, -0.2) is 22.8 Å². The minimum absolute atomic E-state index is 0.0415. The van der Waals surface area contributed by atoms with Crippen LogP contribution in [-0.2, 0) is 9.59 Å². The molecule has 4 rings (SSSR count). The van der Waals surface area contributed by atoms with Gasteiger partial charge in [-0.05, 0) is 79.6 Å². The molecule has 0 heterocycles. The largest absolute Gasteiger partial charge is 0.392 e. The molecule has 0 amide bonds. The molecule has 3 nitrogen and oxygen atoms in total. The summed E-state index contributed by atoms with van der Waals surface area (Å²) in [5.41, 5.74) is 1.16. The molecule has 3 heteroatoms. The maximum absolute atomic E-state index is 12.3. The van der Waals surface area contributed by atoms with E-state index >= 15 is 0 Å². The summed E-state index contributed by atoms with van der Waals surface area (Å²) in [4.78, 5) is 24.3. The molecule has 0 aromatic rings. The summed E-state index contributed by atoms with van der Waals surface area (Å²) in [5, 5.41) is 11.4. The van der Waals surface area contributed by atoms with Gasteiger partial charge in [-0.3, -0.25) is 9.59 Å². The highest BCUT2D eigenvalue weighted by Crippen LogP contribution is 2.68. The molecule has 3 saturated carbocycles. The first kappa shape index (κ1) is 17.5.